The van der Waals surface area contributed by atoms with Crippen LogP contribution in [0.5, 0.6) is 5.75 Å². The number of aliphatic carboxylic acids is 1. The number of carbonyl (C=O) groups excluding carboxylic acids is 2. The minimum Gasteiger partial charge on any atom is -0.497 e. The molecule has 0 radical (unpaired) electrons. The number of ketones is 1. The lowest BCUT2D eigenvalue weighted by Gasteiger charge is -2.30. The number of carboxylic acids is 1. The van der Waals surface area contributed by atoms with Crippen molar-refractivity contribution in [1.82, 2.24) is 5.32 Å². The minimum absolute atomic E-state index is 0.0935. The van der Waals surface area contributed by atoms with Crippen LogP contribution in [-0.2, 0) is 10.3 Å². The number of carboxylic acid groups (broad SMARTS) is 1. The van der Waals surface area contributed by atoms with Crippen LogP contribution in [0.2, 0.25) is 0 Å². The van der Waals surface area contributed by atoms with Crippen molar-refractivity contribution < 1.29 is 24.2 Å². The first-order chi connectivity index (χ1) is 12.2. The second-order valence-corrected chi connectivity index (χ2v) is 6.22. The molecule has 1 unspecified atom stereocenters. The van der Waals surface area contributed by atoms with Crippen molar-refractivity contribution in [2.45, 2.75) is 25.8 Å². The first-order valence-corrected chi connectivity index (χ1v) is 8.05. The molecule has 2 rings (SSSR count). The summed E-state index contributed by atoms with van der Waals surface area (Å²) in [7, 11) is 1.52. The third kappa shape index (κ3) is 4.47. The molecule has 0 heterocycles. The van der Waals surface area contributed by atoms with Gasteiger partial charge in [0.2, 0.25) is 0 Å². The molecule has 0 fully saturated rings. The third-order valence-electron chi connectivity index (χ3n) is 4.15. The quantitative estimate of drug-likeness (QED) is 0.745. The van der Waals surface area contributed by atoms with E-state index in [1.807, 2.05) is 0 Å². The van der Waals surface area contributed by atoms with Gasteiger partial charge in [0.15, 0.2) is 5.78 Å². The molecule has 6 nitrogen and oxygen atoms in total. The zero-order valence-corrected chi connectivity index (χ0v) is 14.9. The van der Waals surface area contributed by atoms with Gasteiger partial charge in [-0.05, 0) is 43.7 Å². The van der Waals surface area contributed by atoms with Gasteiger partial charge in [-0.2, -0.15) is 0 Å². The molecule has 1 atom stereocenters. The Morgan fingerprint density at radius 3 is 2.23 bits per heavy atom. The van der Waals surface area contributed by atoms with Crippen molar-refractivity contribution >= 4 is 17.7 Å². The summed E-state index contributed by atoms with van der Waals surface area (Å²) in [5.41, 5.74) is 0.335. The first-order valence-electron chi connectivity index (χ1n) is 8.05. The van der Waals surface area contributed by atoms with Crippen LogP contribution in [-0.4, -0.2) is 29.9 Å². The van der Waals surface area contributed by atoms with Gasteiger partial charge in [0.05, 0.1) is 19.1 Å². The van der Waals surface area contributed by atoms with Crippen molar-refractivity contribution in [3.8, 4) is 5.75 Å². The number of ether oxygens (including phenoxy) is 1. The molecule has 0 aromatic heterocycles. The third-order valence-corrected chi connectivity index (χ3v) is 4.15. The molecule has 0 aliphatic heterocycles. The number of hydrogen-bond donors (Lipinski definition) is 2. The van der Waals surface area contributed by atoms with Crippen LogP contribution in [0.25, 0.3) is 0 Å². The van der Waals surface area contributed by atoms with Gasteiger partial charge >= 0.3 is 5.97 Å². The Kier molecular flexibility index (Phi) is 5.77. The lowest BCUT2D eigenvalue weighted by molar-refractivity contribution is -0.138. The van der Waals surface area contributed by atoms with Crippen LogP contribution in [0.4, 0.5) is 0 Å². The van der Waals surface area contributed by atoms with Crippen molar-refractivity contribution in [3.05, 3.63) is 65.2 Å². The molecule has 0 aliphatic carbocycles. The molecule has 6 heteroatoms. The summed E-state index contributed by atoms with van der Waals surface area (Å²) in [6, 6.07) is 13.1. The number of Topliss-reactive ketones (excluding diaryl/α,β-unsaturated/α-hetero) is 1. The summed E-state index contributed by atoms with van der Waals surface area (Å²) < 4.78 is 5.19. The fourth-order valence-electron chi connectivity index (χ4n) is 2.67. The van der Waals surface area contributed by atoms with Gasteiger partial charge in [-0.25, -0.2) is 0 Å². The fourth-order valence-corrected chi connectivity index (χ4v) is 2.67. The highest BCUT2D eigenvalue weighted by molar-refractivity contribution is 5.98. The van der Waals surface area contributed by atoms with Crippen molar-refractivity contribution in [3.63, 3.8) is 0 Å². The van der Waals surface area contributed by atoms with E-state index in [4.69, 9.17) is 4.74 Å². The Balaban J connectivity index is 2.32. The average molecular weight is 355 g/mol. The van der Waals surface area contributed by atoms with Crippen LogP contribution >= 0.6 is 0 Å². The van der Waals surface area contributed by atoms with E-state index in [1.54, 1.807) is 55.5 Å². The highest BCUT2D eigenvalue weighted by atomic mass is 16.5. The molecule has 1 amide bonds. The maximum Gasteiger partial charge on any atom is 0.306 e. The SMILES string of the molecule is COc1cccc(C(C)(CC(=O)O)NC(=O)c2ccc(C(C)=O)cc2)c1. The summed E-state index contributed by atoms with van der Waals surface area (Å²) in [5, 5.41) is 12.1. The van der Waals surface area contributed by atoms with Crippen LogP contribution in [0.3, 0.4) is 0 Å². The second-order valence-electron chi connectivity index (χ2n) is 6.22. The molecular weight excluding hydrogens is 334 g/mol. The van der Waals surface area contributed by atoms with Gasteiger partial charge < -0.3 is 15.2 Å². The van der Waals surface area contributed by atoms with E-state index in [2.05, 4.69) is 5.32 Å². The molecule has 2 aromatic carbocycles. The number of nitrogens with one attached hydrogen (secondary N) is 1. The number of rotatable bonds is 7. The zero-order valence-electron chi connectivity index (χ0n) is 14.9. The lowest BCUT2D eigenvalue weighted by atomic mass is 9.88. The molecule has 2 aromatic rings. The number of hydrogen-bond acceptors (Lipinski definition) is 4. The van der Waals surface area contributed by atoms with Crippen LogP contribution in [0.1, 0.15) is 46.5 Å². The van der Waals surface area contributed by atoms with E-state index >= 15 is 0 Å². The Bertz CT molecular complexity index is 828. The standard InChI is InChI=1S/C20H21NO5/c1-13(22)14-7-9-15(10-8-14)19(25)21-20(2,12-18(23)24)16-5-4-6-17(11-16)26-3/h4-11H,12H2,1-3H3,(H,21,25)(H,23,24). The Hall–Kier alpha value is -3.15. The molecule has 0 saturated carbocycles. The second kappa shape index (κ2) is 7.82. The predicted octanol–water partition coefficient (Wildman–Crippen LogP) is 3.02. The van der Waals surface area contributed by atoms with Crippen LogP contribution < -0.4 is 10.1 Å². The number of amides is 1. The van der Waals surface area contributed by atoms with Crippen LogP contribution in [0, 0.1) is 0 Å². The van der Waals surface area contributed by atoms with Crippen molar-refractivity contribution in [2.75, 3.05) is 7.11 Å². The Labute approximate surface area is 151 Å². The van der Waals surface area contributed by atoms with E-state index in [-0.39, 0.29) is 12.2 Å². The largest absolute Gasteiger partial charge is 0.497 e. The Morgan fingerprint density at radius 2 is 1.69 bits per heavy atom. The smallest absolute Gasteiger partial charge is 0.306 e. The monoisotopic (exact) mass is 355 g/mol. The summed E-state index contributed by atoms with van der Waals surface area (Å²) in [6.07, 6.45) is -0.294. The topological polar surface area (TPSA) is 92.7 Å². The first kappa shape index (κ1) is 19.2. The molecule has 0 aliphatic rings. The van der Waals surface area contributed by atoms with Crippen LogP contribution in [0.15, 0.2) is 48.5 Å². The van der Waals surface area contributed by atoms with Gasteiger partial charge in [0.25, 0.3) is 5.91 Å². The van der Waals surface area contributed by atoms with E-state index in [0.717, 1.165) is 0 Å². The van der Waals surface area contributed by atoms with Gasteiger partial charge in [0, 0.05) is 11.1 Å². The lowest BCUT2D eigenvalue weighted by Crippen LogP contribution is -2.45. The molecule has 0 saturated heterocycles. The molecule has 0 bridgehead atoms. The number of benzene rings is 2. The summed E-state index contributed by atoms with van der Waals surface area (Å²) in [6.45, 7) is 3.10. The maximum absolute atomic E-state index is 12.6. The molecule has 26 heavy (non-hydrogen) atoms. The maximum atomic E-state index is 12.6. The molecular formula is C20H21NO5. The zero-order chi connectivity index (χ0) is 19.3. The normalized spacial score (nSPS) is 12.7. The number of carbonyl (C=O) groups is 3. The minimum atomic E-state index is -1.13. The fraction of sp³-hybridized carbons (Fsp3) is 0.250. The highest BCUT2D eigenvalue weighted by Crippen LogP contribution is 2.28. The van der Waals surface area contributed by atoms with Gasteiger partial charge in [-0.1, -0.05) is 24.3 Å². The van der Waals surface area contributed by atoms with Crippen molar-refractivity contribution in [1.29, 1.82) is 0 Å². The van der Waals surface area contributed by atoms with Crippen molar-refractivity contribution in [2.24, 2.45) is 0 Å². The van der Waals surface area contributed by atoms with E-state index < -0.39 is 17.4 Å². The summed E-state index contributed by atoms with van der Waals surface area (Å²) in [5.74, 6) is -0.988. The molecule has 136 valence electrons. The molecule has 0 spiro atoms. The van der Waals surface area contributed by atoms with E-state index in [0.29, 0.717) is 22.4 Å². The summed E-state index contributed by atoms with van der Waals surface area (Å²) in [4.78, 5) is 35.3. The Morgan fingerprint density at radius 1 is 1.08 bits per heavy atom. The van der Waals surface area contributed by atoms with E-state index in [9.17, 15) is 19.5 Å². The van der Waals surface area contributed by atoms with E-state index in [1.165, 1.54) is 14.0 Å². The predicted molar refractivity (Wildman–Crippen MR) is 96.5 cm³/mol. The highest BCUT2D eigenvalue weighted by Gasteiger charge is 2.32. The van der Waals surface area contributed by atoms with Gasteiger partial charge in [-0.3, -0.25) is 14.4 Å². The number of methoxy groups -OCH3 is 1. The van der Waals surface area contributed by atoms with Gasteiger partial charge in [0.1, 0.15) is 5.75 Å². The molecule has 2 N–H and O–H groups in total. The average Bonchev–Trinajstić information content (AvgIpc) is 2.61. The summed E-state index contributed by atoms with van der Waals surface area (Å²) >= 11 is 0. The van der Waals surface area contributed by atoms with Gasteiger partial charge in [-0.15, -0.1) is 0 Å².